The average Bonchev–Trinajstić information content (AvgIpc) is 2.34. The van der Waals surface area contributed by atoms with Gasteiger partial charge in [-0.15, -0.1) is 0 Å². The van der Waals surface area contributed by atoms with E-state index in [0.717, 1.165) is 12.8 Å². The third kappa shape index (κ3) is 5.21. The van der Waals surface area contributed by atoms with Crippen molar-refractivity contribution in [2.24, 2.45) is 11.3 Å². The monoisotopic (exact) mass is 272 g/mol. The van der Waals surface area contributed by atoms with Crippen LogP contribution >= 0.6 is 0 Å². The van der Waals surface area contributed by atoms with Gasteiger partial charge in [0.1, 0.15) is 0 Å². The van der Waals surface area contributed by atoms with E-state index in [0.29, 0.717) is 18.8 Å². The maximum atomic E-state index is 12.3. The van der Waals surface area contributed by atoms with Crippen molar-refractivity contribution in [1.29, 1.82) is 0 Å². The Morgan fingerprint density at radius 1 is 0.947 bits per heavy atom. The Kier molecular flexibility index (Phi) is 8.44. The van der Waals surface area contributed by atoms with E-state index >= 15 is 0 Å². The fourth-order valence-electron chi connectivity index (χ4n) is 2.12. The summed E-state index contributed by atoms with van der Waals surface area (Å²) in [5.41, 5.74) is -1.12. The Balaban J connectivity index is 5.19. The maximum absolute atomic E-state index is 12.3. The molecule has 0 bridgehead atoms. The summed E-state index contributed by atoms with van der Waals surface area (Å²) in [5, 5.41) is 0. The molecule has 4 heteroatoms. The largest absolute Gasteiger partial charge is 0.465 e. The fraction of sp³-hybridized carbons (Fsp3) is 0.867. The molecular formula is C15H28O4. The molecule has 4 nitrogen and oxygen atoms in total. The lowest BCUT2D eigenvalue weighted by atomic mass is 9.77. The van der Waals surface area contributed by atoms with Crippen molar-refractivity contribution in [3.8, 4) is 0 Å². The quantitative estimate of drug-likeness (QED) is 0.477. The first kappa shape index (κ1) is 17.9. The van der Waals surface area contributed by atoms with Crippen LogP contribution in [-0.2, 0) is 19.1 Å². The Morgan fingerprint density at radius 2 is 1.42 bits per heavy atom. The van der Waals surface area contributed by atoms with Gasteiger partial charge in [-0.25, -0.2) is 0 Å². The normalized spacial score (nSPS) is 11.5. The van der Waals surface area contributed by atoms with E-state index in [1.54, 1.807) is 13.8 Å². The van der Waals surface area contributed by atoms with Crippen LogP contribution in [0.5, 0.6) is 0 Å². The van der Waals surface area contributed by atoms with E-state index in [1.165, 1.54) is 0 Å². The SMILES string of the molecule is CCCC(CCC(C)C)(C(=O)OCC)C(=O)OCC. The van der Waals surface area contributed by atoms with Gasteiger partial charge >= 0.3 is 11.9 Å². The Morgan fingerprint density at radius 3 is 1.74 bits per heavy atom. The summed E-state index contributed by atoms with van der Waals surface area (Å²) in [4.78, 5) is 24.5. The standard InChI is InChI=1S/C15H28O4/c1-6-10-15(11-9-12(4)5,13(16)18-7-2)14(17)19-8-3/h12H,6-11H2,1-5H3. The van der Waals surface area contributed by atoms with Gasteiger partial charge in [-0.3, -0.25) is 9.59 Å². The van der Waals surface area contributed by atoms with Crippen LogP contribution in [0.2, 0.25) is 0 Å². The zero-order valence-corrected chi connectivity index (χ0v) is 13.0. The van der Waals surface area contributed by atoms with Crippen molar-refractivity contribution < 1.29 is 19.1 Å². The zero-order chi connectivity index (χ0) is 14.9. The van der Waals surface area contributed by atoms with E-state index in [4.69, 9.17) is 9.47 Å². The zero-order valence-electron chi connectivity index (χ0n) is 13.0. The highest BCUT2D eigenvalue weighted by Crippen LogP contribution is 2.34. The minimum absolute atomic E-state index is 0.283. The molecule has 19 heavy (non-hydrogen) atoms. The van der Waals surface area contributed by atoms with Gasteiger partial charge in [0.05, 0.1) is 13.2 Å². The number of carbonyl (C=O) groups excluding carboxylic acids is 2. The molecule has 0 heterocycles. The van der Waals surface area contributed by atoms with Gasteiger partial charge in [0.2, 0.25) is 0 Å². The third-order valence-electron chi connectivity index (χ3n) is 3.16. The molecule has 0 aliphatic rings. The second-order valence-electron chi connectivity index (χ2n) is 5.21. The molecule has 0 radical (unpaired) electrons. The lowest BCUT2D eigenvalue weighted by Gasteiger charge is -2.29. The van der Waals surface area contributed by atoms with Crippen LogP contribution in [0.1, 0.15) is 60.3 Å². The molecule has 0 aliphatic carbocycles. The summed E-state index contributed by atoms with van der Waals surface area (Å²) in [6, 6.07) is 0. The summed E-state index contributed by atoms with van der Waals surface area (Å²) >= 11 is 0. The predicted octanol–water partition coefficient (Wildman–Crippen LogP) is 3.34. The van der Waals surface area contributed by atoms with Crippen LogP contribution in [0.3, 0.4) is 0 Å². The van der Waals surface area contributed by atoms with Gasteiger partial charge in [0.15, 0.2) is 5.41 Å². The van der Waals surface area contributed by atoms with Gasteiger partial charge in [0, 0.05) is 0 Å². The summed E-state index contributed by atoms with van der Waals surface area (Å²) < 4.78 is 10.2. The van der Waals surface area contributed by atoms with Crippen molar-refractivity contribution in [2.45, 2.75) is 60.3 Å². The van der Waals surface area contributed by atoms with Crippen LogP contribution in [0.25, 0.3) is 0 Å². The molecule has 0 aliphatic heterocycles. The summed E-state index contributed by atoms with van der Waals surface area (Å²) in [6.45, 7) is 10.2. The van der Waals surface area contributed by atoms with Crippen LogP contribution in [0, 0.1) is 11.3 Å². The number of hydrogen-bond acceptors (Lipinski definition) is 4. The molecule has 0 spiro atoms. The highest BCUT2D eigenvalue weighted by Gasteiger charge is 2.47. The first-order chi connectivity index (χ1) is 8.94. The highest BCUT2D eigenvalue weighted by atomic mass is 16.6. The van der Waals surface area contributed by atoms with Crippen LogP contribution in [-0.4, -0.2) is 25.2 Å². The van der Waals surface area contributed by atoms with E-state index in [9.17, 15) is 9.59 Å². The number of rotatable bonds is 9. The van der Waals surface area contributed by atoms with E-state index < -0.39 is 17.4 Å². The second kappa shape index (κ2) is 8.94. The number of carbonyl (C=O) groups is 2. The molecule has 0 saturated heterocycles. The van der Waals surface area contributed by atoms with Crippen LogP contribution < -0.4 is 0 Å². The summed E-state index contributed by atoms with van der Waals surface area (Å²) in [6.07, 6.45) is 2.53. The number of esters is 2. The summed E-state index contributed by atoms with van der Waals surface area (Å²) in [7, 11) is 0. The van der Waals surface area contributed by atoms with Crippen molar-refractivity contribution >= 4 is 11.9 Å². The molecule has 0 aromatic heterocycles. The van der Waals surface area contributed by atoms with Crippen molar-refractivity contribution in [3.63, 3.8) is 0 Å². The molecule has 0 fully saturated rings. The minimum atomic E-state index is -1.12. The lowest BCUT2D eigenvalue weighted by Crippen LogP contribution is -2.42. The molecule has 0 saturated carbocycles. The molecule has 112 valence electrons. The smallest absolute Gasteiger partial charge is 0.323 e. The molecule has 0 aromatic carbocycles. The maximum Gasteiger partial charge on any atom is 0.323 e. The topological polar surface area (TPSA) is 52.6 Å². The van der Waals surface area contributed by atoms with E-state index in [1.807, 2.05) is 6.92 Å². The van der Waals surface area contributed by atoms with Gasteiger partial charge in [0.25, 0.3) is 0 Å². The Labute approximate surface area is 116 Å². The average molecular weight is 272 g/mol. The molecule has 0 atom stereocenters. The van der Waals surface area contributed by atoms with Gasteiger partial charge < -0.3 is 9.47 Å². The third-order valence-corrected chi connectivity index (χ3v) is 3.16. The van der Waals surface area contributed by atoms with E-state index in [2.05, 4.69) is 13.8 Å². The van der Waals surface area contributed by atoms with Crippen LogP contribution in [0.4, 0.5) is 0 Å². The minimum Gasteiger partial charge on any atom is -0.465 e. The molecular weight excluding hydrogens is 244 g/mol. The fourth-order valence-corrected chi connectivity index (χ4v) is 2.12. The number of hydrogen-bond donors (Lipinski definition) is 0. The van der Waals surface area contributed by atoms with Crippen molar-refractivity contribution in [1.82, 2.24) is 0 Å². The molecule has 0 unspecified atom stereocenters. The molecule has 0 N–H and O–H groups in total. The highest BCUT2D eigenvalue weighted by molar-refractivity contribution is 6.00. The first-order valence-electron chi connectivity index (χ1n) is 7.29. The van der Waals surface area contributed by atoms with Gasteiger partial charge in [-0.05, 0) is 39.0 Å². The van der Waals surface area contributed by atoms with Gasteiger partial charge in [-0.1, -0.05) is 27.2 Å². The van der Waals surface area contributed by atoms with Crippen LogP contribution in [0.15, 0.2) is 0 Å². The molecule has 0 amide bonds. The second-order valence-corrected chi connectivity index (χ2v) is 5.21. The molecule has 0 aromatic rings. The van der Waals surface area contributed by atoms with Crippen molar-refractivity contribution in [3.05, 3.63) is 0 Å². The predicted molar refractivity (Wildman–Crippen MR) is 74.7 cm³/mol. The molecule has 0 rings (SSSR count). The number of ether oxygens (including phenoxy) is 2. The van der Waals surface area contributed by atoms with Crippen molar-refractivity contribution in [2.75, 3.05) is 13.2 Å². The lowest BCUT2D eigenvalue weighted by molar-refractivity contribution is -0.173. The summed E-state index contributed by atoms with van der Waals surface area (Å²) in [5.74, 6) is -0.438. The van der Waals surface area contributed by atoms with Gasteiger partial charge in [-0.2, -0.15) is 0 Å². The Bertz CT molecular complexity index is 266. The first-order valence-corrected chi connectivity index (χ1v) is 7.29. The van der Waals surface area contributed by atoms with E-state index in [-0.39, 0.29) is 13.2 Å². The Hall–Kier alpha value is -1.06.